The quantitative estimate of drug-likeness (QED) is 0.429. The number of nitrogens with one attached hydrogen (secondary N) is 1. The number of hydrogen-bond donors (Lipinski definition) is 1. The molecule has 0 aliphatic carbocycles. The molecular formula is C23H23F4N5S. The molecule has 1 aromatic heterocycles. The fourth-order valence-electron chi connectivity index (χ4n) is 3.72. The highest BCUT2D eigenvalue weighted by atomic mass is 32.1. The molecule has 174 valence electrons. The van der Waals surface area contributed by atoms with Crippen molar-refractivity contribution in [3.63, 3.8) is 0 Å². The molecule has 0 spiro atoms. The molecule has 0 atom stereocenters. The minimum Gasteiger partial charge on any atom is -0.346 e. The van der Waals surface area contributed by atoms with Crippen molar-refractivity contribution >= 4 is 23.1 Å². The molecule has 0 radical (unpaired) electrons. The minimum absolute atomic E-state index is 0.277. The summed E-state index contributed by atoms with van der Waals surface area (Å²) in [5.74, 6) is 0.295. The molecule has 1 aliphatic heterocycles. The first-order chi connectivity index (χ1) is 15.8. The van der Waals surface area contributed by atoms with E-state index in [-0.39, 0.29) is 5.82 Å². The zero-order valence-electron chi connectivity index (χ0n) is 17.7. The van der Waals surface area contributed by atoms with Gasteiger partial charge in [-0.1, -0.05) is 36.4 Å². The summed E-state index contributed by atoms with van der Waals surface area (Å²) in [6, 6.07) is 13.8. The molecule has 0 saturated carbocycles. The SMILES string of the molecule is Fc1ccccc1Cn1ccc(NC(=S)N2CCN(Cc3cccc(C(F)(F)F)c3)CC2)n1. The van der Waals surface area contributed by atoms with Crippen LogP contribution in [0, 0.1) is 5.82 Å². The van der Waals surface area contributed by atoms with Gasteiger partial charge in [-0.2, -0.15) is 18.3 Å². The standard InChI is InChI=1S/C23H23F4N5S/c24-20-7-2-1-5-18(20)16-32-9-8-21(29-32)28-22(33)31-12-10-30(11-13-31)15-17-4-3-6-19(14-17)23(25,26)27/h1-9,14H,10-13,15-16H2,(H,28,29,33). The van der Waals surface area contributed by atoms with Crippen LogP contribution in [0.15, 0.2) is 60.8 Å². The van der Waals surface area contributed by atoms with E-state index >= 15 is 0 Å². The summed E-state index contributed by atoms with van der Waals surface area (Å²) < 4.78 is 54.3. The lowest BCUT2D eigenvalue weighted by atomic mass is 10.1. The van der Waals surface area contributed by atoms with Crippen LogP contribution < -0.4 is 5.32 Å². The van der Waals surface area contributed by atoms with Crippen molar-refractivity contribution < 1.29 is 17.6 Å². The molecule has 1 aliphatic rings. The highest BCUT2D eigenvalue weighted by Gasteiger charge is 2.30. The van der Waals surface area contributed by atoms with E-state index in [0.717, 1.165) is 6.07 Å². The van der Waals surface area contributed by atoms with Crippen LogP contribution in [0.2, 0.25) is 0 Å². The Labute approximate surface area is 194 Å². The Hall–Kier alpha value is -2.98. The van der Waals surface area contributed by atoms with Gasteiger partial charge in [-0.05, 0) is 29.9 Å². The van der Waals surface area contributed by atoms with Crippen LogP contribution in [0.1, 0.15) is 16.7 Å². The highest BCUT2D eigenvalue weighted by Crippen LogP contribution is 2.29. The maximum absolute atomic E-state index is 13.8. The number of aromatic nitrogens is 2. The van der Waals surface area contributed by atoms with Gasteiger partial charge in [-0.25, -0.2) is 4.39 Å². The molecule has 5 nitrogen and oxygen atoms in total. The van der Waals surface area contributed by atoms with Gasteiger partial charge in [0.2, 0.25) is 0 Å². The van der Waals surface area contributed by atoms with Crippen molar-refractivity contribution in [2.75, 3.05) is 31.5 Å². The van der Waals surface area contributed by atoms with Gasteiger partial charge >= 0.3 is 6.18 Å². The van der Waals surface area contributed by atoms with E-state index in [1.165, 1.54) is 18.2 Å². The lowest BCUT2D eigenvalue weighted by Gasteiger charge is -2.36. The maximum atomic E-state index is 13.8. The van der Waals surface area contributed by atoms with E-state index in [9.17, 15) is 17.6 Å². The average molecular weight is 478 g/mol. The third-order valence-corrected chi connectivity index (χ3v) is 5.85. The van der Waals surface area contributed by atoms with Crippen molar-refractivity contribution in [3.05, 3.63) is 83.3 Å². The van der Waals surface area contributed by atoms with Gasteiger partial charge in [0.1, 0.15) is 5.82 Å². The molecule has 0 amide bonds. The Kier molecular flexibility index (Phi) is 6.94. The zero-order valence-corrected chi connectivity index (χ0v) is 18.5. The second kappa shape index (κ2) is 9.88. The Morgan fingerprint density at radius 1 is 0.970 bits per heavy atom. The predicted octanol–water partition coefficient (Wildman–Crippen LogP) is 4.60. The van der Waals surface area contributed by atoms with E-state index in [2.05, 4.69) is 15.3 Å². The number of anilines is 1. The molecule has 0 bridgehead atoms. The largest absolute Gasteiger partial charge is 0.416 e. The summed E-state index contributed by atoms with van der Waals surface area (Å²) >= 11 is 5.50. The van der Waals surface area contributed by atoms with Gasteiger partial charge in [0.05, 0.1) is 12.1 Å². The molecule has 2 heterocycles. The summed E-state index contributed by atoms with van der Waals surface area (Å²) in [4.78, 5) is 4.12. The van der Waals surface area contributed by atoms with E-state index in [4.69, 9.17) is 12.2 Å². The summed E-state index contributed by atoms with van der Waals surface area (Å²) in [7, 11) is 0. The maximum Gasteiger partial charge on any atom is 0.416 e. The van der Waals surface area contributed by atoms with Gasteiger partial charge in [0, 0.05) is 50.6 Å². The van der Waals surface area contributed by atoms with E-state index in [1.54, 1.807) is 41.2 Å². The van der Waals surface area contributed by atoms with Gasteiger partial charge in [0.25, 0.3) is 0 Å². The van der Waals surface area contributed by atoms with Gasteiger partial charge < -0.3 is 10.2 Å². The Morgan fingerprint density at radius 3 is 2.45 bits per heavy atom. The fourth-order valence-corrected chi connectivity index (χ4v) is 4.01. The monoisotopic (exact) mass is 477 g/mol. The molecule has 1 saturated heterocycles. The molecule has 1 fully saturated rings. The topological polar surface area (TPSA) is 36.3 Å². The zero-order chi connectivity index (χ0) is 23.4. The molecule has 2 aromatic carbocycles. The summed E-state index contributed by atoms with van der Waals surface area (Å²) in [5.41, 5.74) is 0.560. The molecule has 0 unspecified atom stereocenters. The van der Waals surface area contributed by atoms with E-state index < -0.39 is 11.7 Å². The van der Waals surface area contributed by atoms with Crippen molar-refractivity contribution in [1.29, 1.82) is 0 Å². The van der Waals surface area contributed by atoms with Crippen LogP contribution in [0.25, 0.3) is 0 Å². The van der Waals surface area contributed by atoms with Crippen molar-refractivity contribution in [2.45, 2.75) is 19.3 Å². The van der Waals surface area contributed by atoms with Crippen LogP contribution in [-0.4, -0.2) is 50.9 Å². The van der Waals surface area contributed by atoms with Crippen LogP contribution in [0.3, 0.4) is 0 Å². The summed E-state index contributed by atoms with van der Waals surface area (Å²) in [6.45, 7) is 3.44. The molecule has 1 N–H and O–H groups in total. The van der Waals surface area contributed by atoms with Gasteiger partial charge in [-0.3, -0.25) is 9.58 Å². The Bertz CT molecular complexity index is 1110. The normalized spacial score (nSPS) is 15.0. The smallest absolute Gasteiger partial charge is 0.346 e. The first-order valence-corrected chi connectivity index (χ1v) is 10.9. The number of hydrogen-bond acceptors (Lipinski definition) is 3. The van der Waals surface area contributed by atoms with Crippen LogP contribution >= 0.6 is 12.2 Å². The average Bonchev–Trinajstić information content (AvgIpc) is 3.22. The van der Waals surface area contributed by atoms with Gasteiger partial charge in [-0.15, -0.1) is 0 Å². The molecule has 10 heteroatoms. The van der Waals surface area contributed by atoms with Crippen LogP contribution in [0.5, 0.6) is 0 Å². The minimum atomic E-state index is -4.34. The molecular weight excluding hydrogens is 454 g/mol. The fraction of sp³-hybridized carbons (Fsp3) is 0.304. The molecule has 33 heavy (non-hydrogen) atoms. The summed E-state index contributed by atoms with van der Waals surface area (Å²) in [6.07, 6.45) is -2.58. The number of nitrogens with zero attached hydrogens (tertiary/aromatic N) is 4. The lowest BCUT2D eigenvalue weighted by Crippen LogP contribution is -2.49. The number of halogens is 4. The van der Waals surface area contributed by atoms with Crippen molar-refractivity contribution in [2.24, 2.45) is 0 Å². The highest BCUT2D eigenvalue weighted by molar-refractivity contribution is 7.80. The summed E-state index contributed by atoms with van der Waals surface area (Å²) in [5, 5.41) is 8.04. The lowest BCUT2D eigenvalue weighted by molar-refractivity contribution is -0.137. The first kappa shape index (κ1) is 23.2. The number of piperazine rings is 1. The predicted molar refractivity (Wildman–Crippen MR) is 122 cm³/mol. The third-order valence-electron chi connectivity index (χ3n) is 5.49. The molecule has 4 rings (SSSR count). The van der Waals surface area contributed by atoms with Crippen LogP contribution in [-0.2, 0) is 19.3 Å². The number of alkyl halides is 3. The van der Waals surface area contributed by atoms with Crippen LogP contribution in [0.4, 0.5) is 23.4 Å². The number of thiocarbonyl (C=S) groups is 1. The number of rotatable bonds is 5. The number of benzene rings is 2. The van der Waals surface area contributed by atoms with Crippen molar-refractivity contribution in [1.82, 2.24) is 19.6 Å². The van der Waals surface area contributed by atoms with Crippen molar-refractivity contribution in [3.8, 4) is 0 Å². The second-order valence-electron chi connectivity index (χ2n) is 7.88. The third kappa shape index (κ3) is 6.08. The Morgan fingerprint density at radius 2 is 1.73 bits per heavy atom. The van der Waals surface area contributed by atoms with Gasteiger partial charge in [0.15, 0.2) is 10.9 Å². The Balaban J connectivity index is 1.27. The first-order valence-electron chi connectivity index (χ1n) is 10.5. The second-order valence-corrected chi connectivity index (χ2v) is 8.27. The molecule has 3 aromatic rings. The van der Waals surface area contributed by atoms with E-state index in [1.807, 2.05) is 4.90 Å². The van der Waals surface area contributed by atoms with E-state index in [0.29, 0.717) is 61.3 Å².